The predicted molar refractivity (Wildman–Crippen MR) is 93.7 cm³/mol. The summed E-state index contributed by atoms with van der Waals surface area (Å²) in [4.78, 5) is 16.0. The standard InChI is InChI=1S/C19H19F3N2O2/c1-12(13-5-7-14(8-6-13)19(20,21)22)16-11-15(9-10-23-16)24-17(25)26-18(2,3)4/h5-11H,1H2,2-4H3,(H,23,24,25). The largest absolute Gasteiger partial charge is 0.444 e. The Labute approximate surface area is 149 Å². The number of carbonyl (C=O) groups excluding carboxylic acids is 1. The SMILES string of the molecule is C=C(c1ccc(C(F)(F)F)cc1)c1cc(NC(=O)OC(C)(C)C)ccn1. The minimum Gasteiger partial charge on any atom is -0.444 e. The first-order chi connectivity index (χ1) is 12.0. The van der Waals surface area contributed by atoms with Crippen LogP contribution >= 0.6 is 0 Å². The second kappa shape index (κ2) is 7.19. The third-order valence-electron chi connectivity index (χ3n) is 3.28. The van der Waals surface area contributed by atoms with Crippen LogP contribution < -0.4 is 5.32 Å². The average molecular weight is 364 g/mol. The van der Waals surface area contributed by atoms with E-state index in [1.165, 1.54) is 18.3 Å². The number of rotatable bonds is 3. The molecule has 2 rings (SSSR count). The number of carbonyl (C=O) groups is 1. The summed E-state index contributed by atoms with van der Waals surface area (Å²) in [5.41, 5.74) is 0.438. The lowest BCUT2D eigenvalue weighted by atomic mass is 10.0. The molecule has 4 nitrogen and oxygen atoms in total. The van der Waals surface area contributed by atoms with Crippen molar-refractivity contribution in [3.63, 3.8) is 0 Å². The molecule has 0 saturated carbocycles. The number of nitrogens with zero attached hydrogens (tertiary/aromatic N) is 1. The van der Waals surface area contributed by atoms with Crippen LogP contribution in [0.5, 0.6) is 0 Å². The van der Waals surface area contributed by atoms with Gasteiger partial charge in [0.2, 0.25) is 0 Å². The lowest BCUT2D eigenvalue weighted by molar-refractivity contribution is -0.137. The summed E-state index contributed by atoms with van der Waals surface area (Å²) in [7, 11) is 0. The fourth-order valence-corrected chi connectivity index (χ4v) is 2.10. The summed E-state index contributed by atoms with van der Waals surface area (Å²) in [5.74, 6) is 0. The van der Waals surface area contributed by atoms with Crippen LogP contribution in [0.25, 0.3) is 5.57 Å². The van der Waals surface area contributed by atoms with Crippen LogP contribution in [0.15, 0.2) is 49.2 Å². The molecule has 0 spiro atoms. The zero-order valence-corrected chi connectivity index (χ0v) is 14.6. The Morgan fingerprint density at radius 2 is 1.73 bits per heavy atom. The number of pyridine rings is 1. The molecule has 138 valence electrons. The molecule has 1 heterocycles. The van der Waals surface area contributed by atoms with Gasteiger partial charge < -0.3 is 4.74 Å². The zero-order valence-electron chi connectivity index (χ0n) is 14.6. The molecule has 0 aliphatic heterocycles. The first kappa shape index (κ1) is 19.5. The fraction of sp³-hybridized carbons (Fsp3) is 0.263. The Hall–Kier alpha value is -2.83. The lowest BCUT2D eigenvalue weighted by Gasteiger charge is -2.19. The Balaban J connectivity index is 2.16. The number of aromatic nitrogens is 1. The normalized spacial score (nSPS) is 11.8. The van der Waals surface area contributed by atoms with Gasteiger partial charge in [-0.25, -0.2) is 4.79 Å². The average Bonchev–Trinajstić information content (AvgIpc) is 2.52. The summed E-state index contributed by atoms with van der Waals surface area (Å²) in [6.45, 7) is 9.12. The number of hydrogen-bond acceptors (Lipinski definition) is 3. The highest BCUT2D eigenvalue weighted by atomic mass is 19.4. The molecule has 1 aromatic heterocycles. The van der Waals surface area contributed by atoms with Crippen molar-refractivity contribution in [2.24, 2.45) is 0 Å². The highest BCUT2D eigenvalue weighted by Crippen LogP contribution is 2.31. The van der Waals surface area contributed by atoms with Crippen LogP contribution in [0, 0.1) is 0 Å². The van der Waals surface area contributed by atoms with E-state index < -0.39 is 23.4 Å². The van der Waals surface area contributed by atoms with Crippen LogP contribution in [-0.4, -0.2) is 16.7 Å². The molecular weight excluding hydrogens is 345 g/mol. The molecule has 7 heteroatoms. The topological polar surface area (TPSA) is 51.2 Å². The Morgan fingerprint density at radius 3 is 2.27 bits per heavy atom. The summed E-state index contributed by atoms with van der Waals surface area (Å²) >= 11 is 0. The molecule has 0 bridgehead atoms. The van der Waals surface area contributed by atoms with E-state index in [0.29, 0.717) is 22.5 Å². The number of hydrogen-bond donors (Lipinski definition) is 1. The summed E-state index contributed by atoms with van der Waals surface area (Å²) in [6, 6.07) is 7.80. The molecule has 0 saturated heterocycles. The van der Waals surface area contributed by atoms with E-state index >= 15 is 0 Å². The molecule has 1 amide bonds. The Morgan fingerprint density at radius 1 is 1.12 bits per heavy atom. The van der Waals surface area contributed by atoms with Crippen molar-refractivity contribution >= 4 is 17.4 Å². The van der Waals surface area contributed by atoms with Gasteiger partial charge in [-0.15, -0.1) is 0 Å². The number of nitrogens with one attached hydrogen (secondary N) is 1. The third kappa shape index (κ3) is 5.34. The van der Waals surface area contributed by atoms with Gasteiger partial charge in [-0.1, -0.05) is 18.7 Å². The molecule has 0 aliphatic carbocycles. The number of ether oxygens (including phenoxy) is 1. The second-order valence-corrected chi connectivity index (χ2v) is 6.61. The van der Waals surface area contributed by atoms with Crippen molar-refractivity contribution in [1.29, 1.82) is 0 Å². The lowest BCUT2D eigenvalue weighted by Crippen LogP contribution is -2.27. The number of amides is 1. The van der Waals surface area contributed by atoms with E-state index in [0.717, 1.165) is 12.1 Å². The summed E-state index contributed by atoms with van der Waals surface area (Å²) in [6.07, 6.45) is -3.54. The Kier molecular flexibility index (Phi) is 5.39. The van der Waals surface area contributed by atoms with Crippen molar-refractivity contribution in [2.75, 3.05) is 5.32 Å². The number of alkyl halides is 3. The van der Waals surface area contributed by atoms with Crippen molar-refractivity contribution in [1.82, 2.24) is 4.98 Å². The van der Waals surface area contributed by atoms with Gasteiger partial charge in [-0.3, -0.25) is 10.3 Å². The van der Waals surface area contributed by atoms with Crippen LogP contribution in [-0.2, 0) is 10.9 Å². The molecule has 0 atom stereocenters. The highest BCUT2D eigenvalue weighted by molar-refractivity contribution is 5.86. The van der Waals surface area contributed by atoms with Gasteiger partial charge in [0.05, 0.1) is 11.3 Å². The van der Waals surface area contributed by atoms with Gasteiger partial charge in [0.25, 0.3) is 0 Å². The van der Waals surface area contributed by atoms with Gasteiger partial charge in [0.1, 0.15) is 5.60 Å². The minimum absolute atomic E-state index is 0.429. The van der Waals surface area contributed by atoms with E-state index in [1.54, 1.807) is 32.9 Å². The van der Waals surface area contributed by atoms with Crippen LogP contribution in [0.3, 0.4) is 0 Å². The molecule has 1 N–H and O–H groups in total. The van der Waals surface area contributed by atoms with E-state index in [9.17, 15) is 18.0 Å². The van der Waals surface area contributed by atoms with Gasteiger partial charge >= 0.3 is 12.3 Å². The van der Waals surface area contributed by atoms with E-state index in [-0.39, 0.29) is 0 Å². The van der Waals surface area contributed by atoms with Crippen LogP contribution in [0.1, 0.15) is 37.6 Å². The summed E-state index contributed by atoms with van der Waals surface area (Å²) in [5, 5.41) is 2.58. The molecule has 0 aliphatic rings. The zero-order chi connectivity index (χ0) is 19.5. The van der Waals surface area contributed by atoms with Gasteiger partial charge in [-0.05, 0) is 50.6 Å². The maximum atomic E-state index is 12.6. The maximum Gasteiger partial charge on any atom is 0.416 e. The van der Waals surface area contributed by atoms with Crippen LogP contribution in [0.4, 0.5) is 23.7 Å². The number of anilines is 1. The van der Waals surface area contributed by atoms with Gasteiger partial charge in [0, 0.05) is 17.5 Å². The van der Waals surface area contributed by atoms with Crippen LogP contribution in [0.2, 0.25) is 0 Å². The fourth-order valence-electron chi connectivity index (χ4n) is 2.10. The quantitative estimate of drug-likeness (QED) is 0.781. The smallest absolute Gasteiger partial charge is 0.416 e. The molecule has 0 fully saturated rings. The van der Waals surface area contributed by atoms with Crippen molar-refractivity contribution in [2.45, 2.75) is 32.5 Å². The third-order valence-corrected chi connectivity index (χ3v) is 3.28. The van der Waals surface area contributed by atoms with Gasteiger partial charge in [0.15, 0.2) is 0 Å². The second-order valence-electron chi connectivity index (χ2n) is 6.61. The van der Waals surface area contributed by atoms with Crippen molar-refractivity contribution in [3.05, 3.63) is 66.0 Å². The molecule has 26 heavy (non-hydrogen) atoms. The highest BCUT2D eigenvalue weighted by Gasteiger charge is 2.30. The molecular formula is C19H19F3N2O2. The Bertz CT molecular complexity index is 807. The molecule has 0 radical (unpaired) electrons. The van der Waals surface area contributed by atoms with E-state index in [2.05, 4.69) is 16.9 Å². The van der Waals surface area contributed by atoms with E-state index in [4.69, 9.17) is 4.74 Å². The summed E-state index contributed by atoms with van der Waals surface area (Å²) < 4.78 is 43.1. The van der Waals surface area contributed by atoms with Gasteiger partial charge in [-0.2, -0.15) is 13.2 Å². The van der Waals surface area contributed by atoms with Crippen molar-refractivity contribution in [3.8, 4) is 0 Å². The number of benzene rings is 1. The first-order valence-corrected chi connectivity index (χ1v) is 7.79. The maximum absolute atomic E-state index is 12.6. The number of halogens is 3. The minimum atomic E-state index is -4.39. The first-order valence-electron chi connectivity index (χ1n) is 7.79. The van der Waals surface area contributed by atoms with Crippen molar-refractivity contribution < 1.29 is 22.7 Å². The predicted octanol–water partition coefficient (Wildman–Crippen LogP) is 5.51. The molecule has 0 unspecified atom stereocenters. The van der Waals surface area contributed by atoms with E-state index in [1.807, 2.05) is 0 Å². The monoisotopic (exact) mass is 364 g/mol. The molecule has 1 aromatic carbocycles. The molecule has 2 aromatic rings.